The lowest BCUT2D eigenvalue weighted by molar-refractivity contribution is -0.150. The summed E-state index contributed by atoms with van der Waals surface area (Å²) in [4.78, 5) is 36.4. The number of esters is 2. The average Bonchev–Trinajstić information content (AvgIpc) is 3.61. The number of rotatable bonds is 38. The molecule has 0 amide bonds. The van der Waals surface area contributed by atoms with E-state index in [1.165, 1.54) is 128 Å². The van der Waals surface area contributed by atoms with Gasteiger partial charge in [0.15, 0.2) is 0 Å². The molecule has 1 fully saturated rings. The van der Waals surface area contributed by atoms with Crippen LogP contribution in [-0.2, 0) is 28.6 Å². The van der Waals surface area contributed by atoms with Gasteiger partial charge in [-0.2, -0.15) is 0 Å². The zero-order chi connectivity index (χ0) is 40.9. The highest BCUT2D eigenvalue weighted by Crippen LogP contribution is 2.18. The number of nitrogens with two attached hydrogens (primary N) is 1. The molecule has 0 aromatic carbocycles. The van der Waals surface area contributed by atoms with E-state index in [9.17, 15) is 14.4 Å². The fourth-order valence-electron chi connectivity index (χ4n) is 7.01. The van der Waals surface area contributed by atoms with Crippen molar-refractivity contribution in [3.05, 3.63) is 0 Å². The third-order valence-electron chi connectivity index (χ3n) is 10.4. The standard InChI is InChI=1S/C24H46O4.C21H42N2O2.CH4O/c1-3-5-7-9-11-14-18-23(19-15-12-10-8-6-4-2)28-24(26)20-16-13-17-21-27-22-25;1-2-3-4-5-6-7-8-9-13-18-25-21(24)14-11-10-12-16-23-17-15-20(22)19-23;1-2/h22-23H,3-21H2,1-2H3;20H,2-19,22H2,1H3;2H,1H3. The first-order chi connectivity index (χ1) is 27.0. The second kappa shape index (κ2) is 46.7. The van der Waals surface area contributed by atoms with Crippen LogP contribution in [0.1, 0.15) is 226 Å². The van der Waals surface area contributed by atoms with Crippen LogP contribution < -0.4 is 5.73 Å². The summed E-state index contributed by atoms with van der Waals surface area (Å²) in [5.41, 5.74) is 5.90. The number of likely N-dealkylation sites (tertiary alicyclic amines) is 1. The maximum Gasteiger partial charge on any atom is 0.306 e. The minimum absolute atomic E-state index is 0.0113. The number of nitrogens with zero attached hydrogens (tertiary/aromatic N) is 1. The quantitative estimate of drug-likeness (QED) is 0.0272. The zero-order valence-electron chi connectivity index (χ0n) is 36.8. The number of aliphatic hydroxyl groups excluding tert-OH is 1. The summed E-state index contributed by atoms with van der Waals surface area (Å²) in [6.45, 7) is 11.6. The second-order valence-corrected chi connectivity index (χ2v) is 15.7. The smallest absolute Gasteiger partial charge is 0.306 e. The van der Waals surface area contributed by atoms with Gasteiger partial charge in [0.2, 0.25) is 0 Å². The van der Waals surface area contributed by atoms with Crippen LogP contribution in [0.2, 0.25) is 0 Å². The van der Waals surface area contributed by atoms with E-state index in [1.807, 2.05) is 0 Å². The van der Waals surface area contributed by atoms with Gasteiger partial charge in [-0.05, 0) is 83.7 Å². The minimum Gasteiger partial charge on any atom is -0.468 e. The van der Waals surface area contributed by atoms with Crippen molar-refractivity contribution in [2.75, 3.05) is 40.0 Å². The Hall–Kier alpha value is -1.71. The topological polar surface area (TPSA) is 128 Å². The molecule has 0 saturated carbocycles. The van der Waals surface area contributed by atoms with Crippen molar-refractivity contribution < 1.29 is 33.7 Å². The van der Waals surface area contributed by atoms with Gasteiger partial charge >= 0.3 is 11.9 Å². The second-order valence-electron chi connectivity index (χ2n) is 15.7. The zero-order valence-corrected chi connectivity index (χ0v) is 36.8. The average molecular weight is 785 g/mol. The molecule has 55 heavy (non-hydrogen) atoms. The molecule has 1 aliphatic heterocycles. The molecule has 3 N–H and O–H groups in total. The van der Waals surface area contributed by atoms with Crippen molar-refractivity contribution >= 4 is 18.4 Å². The lowest BCUT2D eigenvalue weighted by Gasteiger charge is -2.18. The largest absolute Gasteiger partial charge is 0.468 e. The molecule has 1 rings (SSSR count). The Balaban J connectivity index is 0. The molecular formula is C46H92N2O7. The molecule has 0 aliphatic carbocycles. The summed E-state index contributed by atoms with van der Waals surface area (Å²) in [5.74, 6) is -0.0685. The maximum absolute atomic E-state index is 12.2. The number of ether oxygens (including phenoxy) is 3. The lowest BCUT2D eigenvalue weighted by atomic mass is 10.0. The van der Waals surface area contributed by atoms with Crippen LogP contribution >= 0.6 is 0 Å². The van der Waals surface area contributed by atoms with Crippen LogP contribution in [-0.4, -0.2) is 80.5 Å². The predicted octanol–water partition coefficient (Wildman–Crippen LogP) is 11.4. The number of carbonyl (C=O) groups excluding carboxylic acids is 3. The van der Waals surface area contributed by atoms with E-state index < -0.39 is 0 Å². The summed E-state index contributed by atoms with van der Waals surface area (Å²) >= 11 is 0. The van der Waals surface area contributed by atoms with E-state index >= 15 is 0 Å². The number of hydrogen-bond donors (Lipinski definition) is 2. The van der Waals surface area contributed by atoms with Crippen LogP contribution in [0, 0.1) is 0 Å². The number of unbranched alkanes of at least 4 members (excludes halogenated alkanes) is 22. The Kier molecular flexibility index (Phi) is 47.0. The Bertz CT molecular complexity index is 784. The molecule has 1 aliphatic rings. The highest BCUT2D eigenvalue weighted by molar-refractivity contribution is 5.69. The third-order valence-corrected chi connectivity index (χ3v) is 10.4. The number of carbonyl (C=O) groups is 3. The Morgan fingerprint density at radius 1 is 0.618 bits per heavy atom. The van der Waals surface area contributed by atoms with Crippen LogP contribution in [0.5, 0.6) is 0 Å². The Labute approximate surface area is 340 Å². The molecule has 0 aromatic heterocycles. The minimum atomic E-state index is -0.0572. The molecule has 1 heterocycles. The van der Waals surface area contributed by atoms with Crippen molar-refractivity contribution in [1.29, 1.82) is 0 Å². The molecule has 328 valence electrons. The van der Waals surface area contributed by atoms with E-state index in [1.54, 1.807) is 0 Å². The van der Waals surface area contributed by atoms with Gasteiger partial charge in [0.1, 0.15) is 6.10 Å². The monoisotopic (exact) mass is 785 g/mol. The van der Waals surface area contributed by atoms with Gasteiger partial charge < -0.3 is 30.0 Å². The molecule has 1 saturated heterocycles. The molecular weight excluding hydrogens is 693 g/mol. The van der Waals surface area contributed by atoms with Crippen molar-refractivity contribution in [1.82, 2.24) is 4.90 Å². The number of hydrogen-bond acceptors (Lipinski definition) is 9. The highest BCUT2D eigenvalue weighted by Gasteiger charge is 2.18. The van der Waals surface area contributed by atoms with Crippen molar-refractivity contribution in [2.24, 2.45) is 5.73 Å². The van der Waals surface area contributed by atoms with Crippen LogP contribution in [0.4, 0.5) is 0 Å². The normalized spacial score (nSPS) is 13.8. The molecule has 1 atom stereocenters. The van der Waals surface area contributed by atoms with Gasteiger partial charge in [0, 0.05) is 32.5 Å². The third kappa shape index (κ3) is 43.3. The lowest BCUT2D eigenvalue weighted by Crippen LogP contribution is -2.27. The molecule has 0 radical (unpaired) electrons. The van der Waals surface area contributed by atoms with Crippen LogP contribution in [0.25, 0.3) is 0 Å². The van der Waals surface area contributed by atoms with E-state index in [-0.39, 0.29) is 18.0 Å². The molecule has 9 nitrogen and oxygen atoms in total. The van der Waals surface area contributed by atoms with Crippen molar-refractivity contribution in [3.63, 3.8) is 0 Å². The molecule has 1 unspecified atom stereocenters. The van der Waals surface area contributed by atoms with Gasteiger partial charge in [-0.25, -0.2) is 0 Å². The van der Waals surface area contributed by atoms with E-state index in [2.05, 4.69) is 30.4 Å². The number of aliphatic hydroxyl groups is 1. The van der Waals surface area contributed by atoms with Gasteiger partial charge in [0.05, 0.1) is 13.2 Å². The summed E-state index contributed by atoms with van der Waals surface area (Å²) in [5, 5.41) is 7.00. The molecule has 0 spiro atoms. The molecule has 9 heteroatoms. The van der Waals surface area contributed by atoms with Gasteiger partial charge in [-0.1, -0.05) is 143 Å². The maximum atomic E-state index is 12.2. The van der Waals surface area contributed by atoms with Gasteiger partial charge in [-0.15, -0.1) is 0 Å². The summed E-state index contributed by atoms with van der Waals surface area (Å²) in [6, 6.07) is 0.371. The van der Waals surface area contributed by atoms with Gasteiger partial charge in [-0.3, -0.25) is 14.4 Å². The first-order valence-corrected chi connectivity index (χ1v) is 23.3. The van der Waals surface area contributed by atoms with Crippen molar-refractivity contribution in [2.45, 2.75) is 238 Å². The van der Waals surface area contributed by atoms with E-state index in [0.717, 1.165) is 91.0 Å². The molecule has 0 aromatic rings. The first kappa shape index (κ1) is 55.4. The fourth-order valence-corrected chi connectivity index (χ4v) is 7.01. The van der Waals surface area contributed by atoms with Gasteiger partial charge in [0.25, 0.3) is 6.47 Å². The summed E-state index contributed by atoms with van der Waals surface area (Å²) < 4.78 is 15.8. The Morgan fingerprint density at radius 2 is 1.05 bits per heavy atom. The summed E-state index contributed by atoms with van der Waals surface area (Å²) in [6.07, 6.45) is 37.0. The molecule has 0 bridgehead atoms. The van der Waals surface area contributed by atoms with Crippen molar-refractivity contribution in [3.8, 4) is 0 Å². The highest BCUT2D eigenvalue weighted by atomic mass is 16.5. The van der Waals surface area contributed by atoms with E-state index in [0.29, 0.717) is 38.6 Å². The fraction of sp³-hybridized carbons (Fsp3) is 0.935. The van der Waals surface area contributed by atoms with Crippen LogP contribution in [0.3, 0.4) is 0 Å². The summed E-state index contributed by atoms with van der Waals surface area (Å²) in [7, 11) is 1.00. The predicted molar refractivity (Wildman–Crippen MR) is 230 cm³/mol. The Morgan fingerprint density at radius 3 is 1.55 bits per heavy atom. The van der Waals surface area contributed by atoms with E-state index in [4.69, 9.17) is 20.3 Å². The van der Waals surface area contributed by atoms with Crippen LogP contribution in [0.15, 0.2) is 0 Å². The SMILES string of the molecule is CCCCCCCCC(CCCCCCCC)OC(=O)CCCCCOC=O.CCCCCCCCCCCOC(=O)CCCCCN1CCC(N)C1.CO. The first-order valence-electron chi connectivity index (χ1n) is 23.3.